The third-order valence-corrected chi connectivity index (χ3v) is 5.52. The number of thioether (sulfide) groups is 1. The lowest BCUT2D eigenvalue weighted by atomic mass is 10.1. The van der Waals surface area contributed by atoms with Gasteiger partial charge in [-0.3, -0.25) is 9.59 Å². The molecule has 0 fully saturated rings. The quantitative estimate of drug-likeness (QED) is 0.864. The standard InChI is InChI=1S/C19H20N2O2S/c1-4-21-15-7-5-6-8-16(15)24-19(3,18(21)23)17(22)20-14-11-9-13(2)10-12-14/h5-12H,4H2,1-3H3,(H,20,22). The predicted molar refractivity (Wildman–Crippen MR) is 98.5 cm³/mol. The maximum absolute atomic E-state index is 13.0. The minimum atomic E-state index is -1.19. The number of hydrogen-bond donors (Lipinski definition) is 1. The topological polar surface area (TPSA) is 49.4 Å². The summed E-state index contributed by atoms with van der Waals surface area (Å²) in [5.74, 6) is -0.479. The van der Waals surface area contributed by atoms with Gasteiger partial charge in [0.05, 0.1) is 5.69 Å². The molecule has 1 N–H and O–H groups in total. The van der Waals surface area contributed by atoms with Crippen LogP contribution in [-0.2, 0) is 9.59 Å². The number of rotatable bonds is 3. The van der Waals surface area contributed by atoms with Crippen molar-refractivity contribution in [3.8, 4) is 0 Å². The lowest BCUT2D eigenvalue weighted by Crippen LogP contribution is -2.54. The van der Waals surface area contributed by atoms with Crippen molar-refractivity contribution < 1.29 is 9.59 Å². The molecular weight excluding hydrogens is 320 g/mol. The largest absolute Gasteiger partial charge is 0.324 e. The van der Waals surface area contributed by atoms with Gasteiger partial charge in [0.25, 0.3) is 5.91 Å². The average Bonchev–Trinajstić information content (AvgIpc) is 2.58. The molecule has 1 heterocycles. The van der Waals surface area contributed by atoms with Gasteiger partial charge in [-0.15, -0.1) is 0 Å². The Morgan fingerprint density at radius 1 is 1.17 bits per heavy atom. The molecule has 1 aliphatic heterocycles. The fourth-order valence-corrected chi connectivity index (χ4v) is 3.95. The second kappa shape index (κ2) is 6.32. The van der Waals surface area contributed by atoms with Gasteiger partial charge in [0.15, 0.2) is 4.75 Å². The first-order chi connectivity index (χ1) is 11.5. The van der Waals surface area contributed by atoms with Gasteiger partial charge in [0.2, 0.25) is 5.91 Å². The molecule has 0 saturated heterocycles. The zero-order valence-electron chi connectivity index (χ0n) is 14.0. The predicted octanol–water partition coefficient (Wildman–Crippen LogP) is 3.85. The number of hydrogen-bond acceptors (Lipinski definition) is 3. The Kier molecular flexibility index (Phi) is 4.37. The van der Waals surface area contributed by atoms with Crippen LogP contribution in [0.5, 0.6) is 0 Å². The van der Waals surface area contributed by atoms with Crippen LogP contribution in [0.2, 0.25) is 0 Å². The third-order valence-electron chi connectivity index (χ3n) is 4.18. The van der Waals surface area contributed by atoms with Gasteiger partial charge in [0, 0.05) is 17.1 Å². The van der Waals surface area contributed by atoms with Crippen molar-refractivity contribution in [2.45, 2.75) is 30.4 Å². The van der Waals surface area contributed by atoms with Gasteiger partial charge in [-0.25, -0.2) is 0 Å². The minimum absolute atomic E-state index is 0.182. The number of amides is 2. The zero-order valence-corrected chi connectivity index (χ0v) is 14.8. The van der Waals surface area contributed by atoms with E-state index in [0.29, 0.717) is 12.2 Å². The van der Waals surface area contributed by atoms with Crippen LogP contribution in [0, 0.1) is 6.92 Å². The molecular formula is C19H20N2O2S. The first-order valence-electron chi connectivity index (χ1n) is 7.94. The van der Waals surface area contributed by atoms with Crippen molar-refractivity contribution >= 4 is 35.0 Å². The highest BCUT2D eigenvalue weighted by Gasteiger charge is 2.48. The molecule has 2 amide bonds. The fourth-order valence-electron chi connectivity index (χ4n) is 2.74. The summed E-state index contributed by atoms with van der Waals surface area (Å²) in [6.07, 6.45) is 0. The summed E-state index contributed by atoms with van der Waals surface area (Å²) in [7, 11) is 0. The average molecular weight is 340 g/mol. The molecule has 5 heteroatoms. The molecule has 0 aliphatic carbocycles. The number of nitrogens with zero attached hydrogens (tertiary/aromatic N) is 1. The summed E-state index contributed by atoms with van der Waals surface area (Å²) in [5.41, 5.74) is 2.69. The third kappa shape index (κ3) is 2.80. The molecule has 0 saturated carbocycles. The molecule has 2 aromatic carbocycles. The van der Waals surface area contributed by atoms with E-state index in [0.717, 1.165) is 16.1 Å². The highest BCUT2D eigenvalue weighted by molar-refractivity contribution is 8.02. The molecule has 124 valence electrons. The van der Waals surface area contributed by atoms with E-state index in [-0.39, 0.29) is 11.8 Å². The minimum Gasteiger partial charge on any atom is -0.324 e. The highest BCUT2D eigenvalue weighted by Crippen LogP contribution is 2.45. The van der Waals surface area contributed by atoms with Crippen molar-refractivity contribution in [1.82, 2.24) is 0 Å². The first-order valence-corrected chi connectivity index (χ1v) is 8.75. The maximum atomic E-state index is 13.0. The van der Waals surface area contributed by atoms with Gasteiger partial charge in [0.1, 0.15) is 0 Å². The zero-order chi connectivity index (χ0) is 17.3. The lowest BCUT2D eigenvalue weighted by Gasteiger charge is -2.38. The van der Waals surface area contributed by atoms with Gasteiger partial charge in [-0.2, -0.15) is 0 Å². The summed E-state index contributed by atoms with van der Waals surface area (Å²) in [6, 6.07) is 15.3. The Labute approximate surface area is 146 Å². The SMILES string of the molecule is CCN1C(=O)C(C)(C(=O)Nc2ccc(C)cc2)Sc2ccccc21. The summed E-state index contributed by atoms with van der Waals surface area (Å²) in [5, 5.41) is 2.88. The molecule has 24 heavy (non-hydrogen) atoms. The van der Waals surface area contributed by atoms with E-state index in [1.165, 1.54) is 11.8 Å². The van der Waals surface area contributed by atoms with Crippen LogP contribution in [0.4, 0.5) is 11.4 Å². The Morgan fingerprint density at radius 2 is 1.83 bits per heavy atom. The Balaban J connectivity index is 1.92. The second-order valence-corrected chi connectivity index (χ2v) is 7.43. The monoisotopic (exact) mass is 340 g/mol. The van der Waals surface area contributed by atoms with E-state index in [1.807, 2.05) is 62.4 Å². The van der Waals surface area contributed by atoms with E-state index in [2.05, 4.69) is 5.32 Å². The first kappa shape index (κ1) is 16.6. The number of carbonyl (C=O) groups is 2. The Hall–Kier alpha value is -2.27. The van der Waals surface area contributed by atoms with Gasteiger partial charge >= 0.3 is 0 Å². The van der Waals surface area contributed by atoms with E-state index < -0.39 is 4.75 Å². The lowest BCUT2D eigenvalue weighted by molar-refractivity contribution is -0.128. The molecule has 0 radical (unpaired) electrons. The number of aryl methyl sites for hydroxylation is 1. The van der Waals surface area contributed by atoms with E-state index in [1.54, 1.807) is 11.8 Å². The number of para-hydroxylation sites is 1. The van der Waals surface area contributed by atoms with Crippen molar-refractivity contribution in [2.24, 2.45) is 0 Å². The van der Waals surface area contributed by atoms with Crippen LogP contribution in [0.1, 0.15) is 19.4 Å². The Morgan fingerprint density at radius 3 is 2.50 bits per heavy atom. The van der Waals surface area contributed by atoms with Gasteiger partial charge < -0.3 is 10.2 Å². The number of benzene rings is 2. The van der Waals surface area contributed by atoms with E-state index >= 15 is 0 Å². The molecule has 0 aromatic heterocycles. The van der Waals surface area contributed by atoms with Crippen molar-refractivity contribution in [3.05, 3.63) is 54.1 Å². The second-order valence-electron chi connectivity index (χ2n) is 5.97. The van der Waals surface area contributed by atoms with Crippen LogP contribution < -0.4 is 10.2 Å². The van der Waals surface area contributed by atoms with Crippen LogP contribution in [0.25, 0.3) is 0 Å². The number of fused-ring (bicyclic) bond motifs is 1. The van der Waals surface area contributed by atoms with Gasteiger partial charge in [-0.05, 0) is 45.0 Å². The Bertz CT molecular complexity index is 788. The smallest absolute Gasteiger partial charge is 0.252 e. The number of nitrogens with one attached hydrogen (secondary N) is 1. The molecule has 3 rings (SSSR count). The molecule has 1 aliphatic rings. The maximum Gasteiger partial charge on any atom is 0.252 e. The van der Waals surface area contributed by atoms with Crippen molar-refractivity contribution in [2.75, 3.05) is 16.8 Å². The fraction of sp³-hybridized carbons (Fsp3) is 0.263. The van der Waals surface area contributed by atoms with Crippen LogP contribution in [0.15, 0.2) is 53.4 Å². The van der Waals surface area contributed by atoms with Crippen molar-refractivity contribution in [3.63, 3.8) is 0 Å². The van der Waals surface area contributed by atoms with Crippen LogP contribution in [0.3, 0.4) is 0 Å². The normalized spacial score (nSPS) is 19.8. The van der Waals surface area contributed by atoms with Crippen LogP contribution in [-0.4, -0.2) is 23.1 Å². The molecule has 2 aromatic rings. The summed E-state index contributed by atoms with van der Waals surface area (Å²) >= 11 is 1.31. The molecule has 1 atom stereocenters. The molecule has 0 bridgehead atoms. The summed E-state index contributed by atoms with van der Waals surface area (Å²) in [4.78, 5) is 28.5. The molecule has 4 nitrogen and oxygen atoms in total. The van der Waals surface area contributed by atoms with Gasteiger partial charge in [-0.1, -0.05) is 41.6 Å². The molecule has 0 spiro atoms. The number of carbonyl (C=O) groups excluding carboxylic acids is 2. The summed E-state index contributed by atoms with van der Waals surface area (Å²) < 4.78 is -1.19. The van der Waals surface area contributed by atoms with Crippen LogP contribution >= 0.6 is 11.8 Å². The highest BCUT2D eigenvalue weighted by atomic mass is 32.2. The molecule has 1 unspecified atom stereocenters. The van der Waals surface area contributed by atoms with E-state index in [9.17, 15) is 9.59 Å². The van der Waals surface area contributed by atoms with Crippen molar-refractivity contribution in [1.29, 1.82) is 0 Å². The number of anilines is 2. The van der Waals surface area contributed by atoms with E-state index in [4.69, 9.17) is 0 Å². The summed E-state index contributed by atoms with van der Waals surface area (Å²) in [6.45, 7) is 6.14.